The number of H-pyrrole nitrogens is 1. The van der Waals surface area contributed by atoms with Crippen LogP contribution < -0.4 is 5.32 Å². The minimum atomic E-state index is 0.577. The van der Waals surface area contributed by atoms with E-state index in [4.69, 9.17) is 9.97 Å². The summed E-state index contributed by atoms with van der Waals surface area (Å²) < 4.78 is 0. The van der Waals surface area contributed by atoms with E-state index >= 15 is 0 Å². The van der Waals surface area contributed by atoms with Crippen molar-refractivity contribution in [3.8, 4) is 33.9 Å². The largest absolute Gasteiger partial charge is 0.370 e. The minimum Gasteiger partial charge on any atom is -0.370 e. The molecule has 0 atom stereocenters. The standard InChI is InChI=1S/C30H24N6/c1-2-8-21(9-3-1)23-16-24(19-31-18-23)28-17-29(36-30(35-28)27-12-6-7-14-32-27)33-15-13-22-20-34-26-11-5-4-10-25(22)26/h1-12,14,16-20,34H,13,15H2,(H,33,35,36). The SMILES string of the molecule is c1ccc(-c2cncc(-c3cc(NCCc4c[nH]c5ccccc45)nc(-c4ccccn4)n3)c2)cc1. The van der Waals surface area contributed by atoms with Gasteiger partial charge in [-0.25, -0.2) is 9.97 Å². The average molecular weight is 469 g/mol. The van der Waals surface area contributed by atoms with Gasteiger partial charge >= 0.3 is 0 Å². The molecule has 0 saturated heterocycles. The highest BCUT2D eigenvalue weighted by atomic mass is 15.0. The first-order valence-electron chi connectivity index (χ1n) is 11.9. The minimum absolute atomic E-state index is 0.577. The van der Waals surface area contributed by atoms with E-state index in [9.17, 15) is 0 Å². The summed E-state index contributed by atoms with van der Waals surface area (Å²) in [5.74, 6) is 1.33. The van der Waals surface area contributed by atoms with E-state index in [0.29, 0.717) is 5.82 Å². The lowest BCUT2D eigenvalue weighted by Crippen LogP contribution is -2.08. The van der Waals surface area contributed by atoms with Crippen LogP contribution in [0.2, 0.25) is 0 Å². The first kappa shape index (κ1) is 21.7. The van der Waals surface area contributed by atoms with Crippen LogP contribution in [0.4, 0.5) is 5.82 Å². The molecular weight excluding hydrogens is 444 g/mol. The molecule has 0 aliphatic heterocycles. The first-order valence-corrected chi connectivity index (χ1v) is 11.9. The molecule has 0 aliphatic rings. The quantitative estimate of drug-likeness (QED) is 0.283. The summed E-state index contributed by atoms with van der Waals surface area (Å²) in [6.07, 6.45) is 8.42. The topological polar surface area (TPSA) is 79.4 Å². The van der Waals surface area contributed by atoms with Crippen LogP contribution in [0.1, 0.15) is 5.56 Å². The molecular formula is C30H24N6. The Kier molecular flexibility index (Phi) is 5.90. The molecule has 36 heavy (non-hydrogen) atoms. The summed E-state index contributed by atoms with van der Waals surface area (Å²) in [6, 6.07) is 28.4. The summed E-state index contributed by atoms with van der Waals surface area (Å²) >= 11 is 0. The summed E-state index contributed by atoms with van der Waals surface area (Å²) in [6.45, 7) is 0.738. The molecule has 6 heteroatoms. The maximum Gasteiger partial charge on any atom is 0.180 e. The molecule has 2 aromatic carbocycles. The predicted molar refractivity (Wildman–Crippen MR) is 144 cm³/mol. The van der Waals surface area contributed by atoms with Crippen LogP contribution in [0.3, 0.4) is 0 Å². The number of hydrogen-bond acceptors (Lipinski definition) is 5. The van der Waals surface area contributed by atoms with Gasteiger partial charge in [0.25, 0.3) is 0 Å². The molecule has 0 fully saturated rings. The fourth-order valence-corrected chi connectivity index (χ4v) is 4.33. The van der Waals surface area contributed by atoms with Gasteiger partial charge in [-0.2, -0.15) is 0 Å². The predicted octanol–water partition coefficient (Wildman–Crippen LogP) is 6.40. The average Bonchev–Trinajstić information content (AvgIpc) is 3.37. The number of nitrogens with one attached hydrogen (secondary N) is 2. The van der Waals surface area contributed by atoms with E-state index in [-0.39, 0.29) is 0 Å². The summed E-state index contributed by atoms with van der Waals surface area (Å²) in [4.78, 5) is 21.9. The molecule has 4 heterocycles. The Bertz CT molecular complexity index is 1610. The molecule has 0 saturated carbocycles. The van der Waals surface area contributed by atoms with Gasteiger partial charge in [0.15, 0.2) is 5.82 Å². The van der Waals surface area contributed by atoms with Crippen LogP contribution in [0.25, 0.3) is 44.8 Å². The Labute approximate surface area is 209 Å². The maximum absolute atomic E-state index is 4.85. The molecule has 2 N–H and O–H groups in total. The summed E-state index contributed by atoms with van der Waals surface area (Å²) in [5.41, 5.74) is 7.03. The molecule has 0 bridgehead atoms. The van der Waals surface area contributed by atoms with Gasteiger partial charge in [-0.15, -0.1) is 0 Å². The number of anilines is 1. The molecule has 6 rings (SSSR count). The maximum atomic E-state index is 4.85. The van der Waals surface area contributed by atoms with Crippen LogP contribution in [-0.2, 0) is 6.42 Å². The molecule has 0 amide bonds. The zero-order chi connectivity index (χ0) is 24.2. The molecule has 6 aromatic rings. The zero-order valence-electron chi connectivity index (χ0n) is 19.6. The number of nitrogens with zero attached hydrogens (tertiary/aromatic N) is 4. The highest BCUT2D eigenvalue weighted by Gasteiger charge is 2.11. The van der Waals surface area contributed by atoms with Crippen molar-refractivity contribution in [1.82, 2.24) is 24.9 Å². The van der Waals surface area contributed by atoms with Gasteiger partial charge in [0.1, 0.15) is 11.5 Å². The van der Waals surface area contributed by atoms with Crippen LogP contribution in [0, 0.1) is 0 Å². The van der Waals surface area contributed by atoms with Gasteiger partial charge in [0, 0.05) is 59.4 Å². The monoisotopic (exact) mass is 468 g/mol. The van der Waals surface area contributed by atoms with Crippen molar-refractivity contribution in [2.24, 2.45) is 0 Å². The number of hydrogen-bond donors (Lipinski definition) is 2. The zero-order valence-corrected chi connectivity index (χ0v) is 19.6. The Hall–Kier alpha value is -4.84. The highest BCUT2D eigenvalue weighted by molar-refractivity contribution is 5.83. The molecule has 0 aliphatic carbocycles. The van der Waals surface area contributed by atoms with E-state index in [0.717, 1.165) is 52.4 Å². The summed E-state index contributed by atoms with van der Waals surface area (Å²) in [5, 5.41) is 4.75. The Morgan fingerprint density at radius 1 is 0.722 bits per heavy atom. The number of aromatic amines is 1. The second kappa shape index (κ2) is 9.80. The van der Waals surface area contributed by atoms with E-state index in [2.05, 4.69) is 62.9 Å². The van der Waals surface area contributed by atoms with Crippen LogP contribution in [-0.4, -0.2) is 31.5 Å². The van der Waals surface area contributed by atoms with Crippen molar-refractivity contribution >= 4 is 16.7 Å². The second-order valence-electron chi connectivity index (χ2n) is 8.54. The number of rotatable bonds is 7. The number of fused-ring (bicyclic) bond motifs is 1. The molecule has 6 nitrogen and oxygen atoms in total. The number of benzene rings is 2. The fraction of sp³-hybridized carbons (Fsp3) is 0.0667. The van der Waals surface area contributed by atoms with E-state index in [1.54, 1.807) is 6.20 Å². The van der Waals surface area contributed by atoms with Crippen LogP contribution in [0.5, 0.6) is 0 Å². The van der Waals surface area contributed by atoms with Crippen molar-refractivity contribution < 1.29 is 0 Å². The van der Waals surface area contributed by atoms with Gasteiger partial charge in [0.2, 0.25) is 0 Å². The van der Waals surface area contributed by atoms with Gasteiger partial charge in [-0.1, -0.05) is 54.6 Å². The van der Waals surface area contributed by atoms with Crippen LogP contribution >= 0.6 is 0 Å². The lowest BCUT2D eigenvalue weighted by atomic mass is 10.0. The highest BCUT2D eigenvalue weighted by Crippen LogP contribution is 2.27. The van der Waals surface area contributed by atoms with Gasteiger partial charge in [-0.05, 0) is 41.8 Å². The molecule has 0 spiro atoms. The summed E-state index contributed by atoms with van der Waals surface area (Å²) in [7, 11) is 0. The normalized spacial score (nSPS) is 11.0. The third-order valence-electron chi connectivity index (χ3n) is 6.14. The Morgan fingerprint density at radius 2 is 1.56 bits per heavy atom. The fourth-order valence-electron chi connectivity index (χ4n) is 4.33. The van der Waals surface area contributed by atoms with E-state index in [1.807, 2.05) is 60.9 Å². The van der Waals surface area contributed by atoms with Crippen molar-refractivity contribution in [3.63, 3.8) is 0 Å². The Morgan fingerprint density at radius 3 is 2.44 bits per heavy atom. The van der Waals surface area contributed by atoms with Crippen LogP contribution in [0.15, 0.2) is 110 Å². The molecule has 0 unspecified atom stereocenters. The smallest absolute Gasteiger partial charge is 0.180 e. The second-order valence-corrected chi connectivity index (χ2v) is 8.54. The third kappa shape index (κ3) is 4.57. The third-order valence-corrected chi connectivity index (χ3v) is 6.14. The van der Waals surface area contributed by atoms with Gasteiger partial charge in [-0.3, -0.25) is 9.97 Å². The van der Waals surface area contributed by atoms with Gasteiger partial charge in [0.05, 0.1) is 5.69 Å². The lowest BCUT2D eigenvalue weighted by Gasteiger charge is -2.11. The van der Waals surface area contributed by atoms with Crippen molar-refractivity contribution in [2.45, 2.75) is 6.42 Å². The van der Waals surface area contributed by atoms with Gasteiger partial charge < -0.3 is 10.3 Å². The van der Waals surface area contributed by atoms with E-state index < -0.39 is 0 Å². The van der Waals surface area contributed by atoms with Crippen molar-refractivity contribution in [2.75, 3.05) is 11.9 Å². The van der Waals surface area contributed by atoms with Crippen molar-refractivity contribution in [1.29, 1.82) is 0 Å². The number of para-hydroxylation sites is 1. The number of aromatic nitrogens is 5. The molecule has 0 radical (unpaired) electrons. The number of pyridine rings is 2. The molecule has 174 valence electrons. The Balaban J connectivity index is 1.32. The first-order chi connectivity index (χ1) is 17.8. The van der Waals surface area contributed by atoms with E-state index in [1.165, 1.54) is 10.9 Å². The lowest BCUT2D eigenvalue weighted by molar-refractivity contribution is 1.01. The van der Waals surface area contributed by atoms with Crippen molar-refractivity contribution in [3.05, 3.63) is 115 Å². The molecule has 4 aromatic heterocycles.